The van der Waals surface area contributed by atoms with Crippen LogP contribution in [0.15, 0.2) is 28.8 Å². The molecule has 2 aliphatic heterocycles. The monoisotopic (exact) mass is 455 g/mol. The SMILES string of the molecule is COc1ccc(-c2noc(N3CCC[C@@H](C(=O)NCCCN4[C@H](C)CCC[C@@H]4C)C3)n2)cc1. The smallest absolute Gasteiger partial charge is 0.324 e. The van der Waals surface area contributed by atoms with Crippen LogP contribution in [-0.2, 0) is 4.79 Å². The Balaban J connectivity index is 1.26. The summed E-state index contributed by atoms with van der Waals surface area (Å²) >= 11 is 0. The second-order valence-corrected chi connectivity index (χ2v) is 9.43. The maximum absolute atomic E-state index is 12.8. The zero-order valence-corrected chi connectivity index (χ0v) is 20.1. The average Bonchev–Trinajstić information content (AvgIpc) is 3.34. The third-order valence-electron chi connectivity index (χ3n) is 7.09. The van der Waals surface area contributed by atoms with Crippen LogP contribution in [0.5, 0.6) is 5.75 Å². The summed E-state index contributed by atoms with van der Waals surface area (Å²) in [6, 6.07) is 9.34. The number of ether oxygens (including phenoxy) is 1. The molecule has 2 fully saturated rings. The van der Waals surface area contributed by atoms with E-state index >= 15 is 0 Å². The maximum atomic E-state index is 12.8. The molecule has 0 saturated carbocycles. The predicted octanol–water partition coefficient (Wildman–Crippen LogP) is 3.73. The first-order chi connectivity index (χ1) is 16.0. The molecule has 0 spiro atoms. The molecule has 3 heterocycles. The van der Waals surface area contributed by atoms with Crippen molar-refractivity contribution < 1.29 is 14.1 Å². The molecule has 0 unspecified atom stereocenters. The van der Waals surface area contributed by atoms with Gasteiger partial charge in [0.05, 0.1) is 13.0 Å². The van der Waals surface area contributed by atoms with Crippen LogP contribution in [0.1, 0.15) is 52.4 Å². The van der Waals surface area contributed by atoms with Crippen LogP contribution in [0.4, 0.5) is 6.01 Å². The van der Waals surface area contributed by atoms with Gasteiger partial charge in [0.1, 0.15) is 5.75 Å². The highest BCUT2D eigenvalue weighted by Gasteiger charge is 2.29. The van der Waals surface area contributed by atoms with Crippen LogP contribution >= 0.6 is 0 Å². The van der Waals surface area contributed by atoms with E-state index in [1.807, 2.05) is 29.2 Å². The number of piperidine rings is 2. The number of rotatable bonds is 8. The highest BCUT2D eigenvalue weighted by molar-refractivity contribution is 5.79. The van der Waals surface area contributed by atoms with Crippen molar-refractivity contribution in [3.8, 4) is 17.1 Å². The quantitative estimate of drug-likeness (QED) is 0.607. The largest absolute Gasteiger partial charge is 0.497 e. The van der Waals surface area contributed by atoms with Gasteiger partial charge in [-0.2, -0.15) is 4.98 Å². The van der Waals surface area contributed by atoms with Crippen molar-refractivity contribution >= 4 is 11.9 Å². The highest BCUT2D eigenvalue weighted by atomic mass is 16.5. The Kier molecular flexibility index (Phi) is 7.85. The summed E-state index contributed by atoms with van der Waals surface area (Å²) < 4.78 is 10.7. The Morgan fingerprint density at radius 2 is 1.91 bits per heavy atom. The lowest BCUT2D eigenvalue weighted by atomic mass is 9.97. The lowest BCUT2D eigenvalue weighted by Gasteiger charge is -2.39. The molecule has 0 radical (unpaired) electrons. The Bertz CT molecular complexity index is 890. The van der Waals surface area contributed by atoms with E-state index in [4.69, 9.17) is 9.26 Å². The number of aromatic nitrogens is 2. The minimum atomic E-state index is -0.0529. The van der Waals surface area contributed by atoms with Crippen LogP contribution in [0.3, 0.4) is 0 Å². The molecule has 2 aliphatic rings. The van der Waals surface area contributed by atoms with Gasteiger partial charge in [0.2, 0.25) is 11.7 Å². The zero-order chi connectivity index (χ0) is 23.2. The summed E-state index contributed by atoms with van der Waals surface area (Å²) in [5.74, 6) is 1.41. The number of methoxy groups -OCH3 is 1. The first kappa shape index (κ1) is 23.5. The Labute approximate surface area is 196 Å². The topological polar surface area (TPSA) is 83.7 Å². The molecule has 2 aromatic rings. The summed E-state index contributed by atoms with van der Waals surface area (Å²) in [5, 5.41) is 7.30. The molecule has 1 aromatic carbocycles. The van der Waals surface area contributed by atoms with Gasteiger partial charge in [0, 0.05) is 43.8 Å². The van der Waals surface area contributed by atoms with Gasteiger partial charge < -0.3 is 19.5 Å². The molecule has 4 rings (SSSR count). The molecule has 8 heteroatoms. The van der Waals surface area contributed by atoms with E-state index in [2.05, 4.69) is 34.2 Å². The number of hydrogen-bond acceptors (Lipinski definition) is 7. The lowest BCUT2D eigenvalue weighted by Crippen LogP contribution is -2.46. The third-order valence-corrected chi connectivity index (χ3v) is 7.09. The third kappa shape index (κ3) is 5.85. The number of anilines is 1. The van der Waals surface area contributed by atoms with Crippen LogP contribution in [0.25, 0.3) is 11.4 Å². The number of benzene rings is 1. The molecule has 0 bridgehead atoms. The van der Waals surface area contributed by atoms with Gasteiger partial charge in [-0.1, -0.05) is 11.6 Å². The van der Waals surface area contributed by atoms with Crippen molar-refractivity contribution in [2.24, 2.45) is 5.92 Å². The van der Waals surface area contributed by atoms with Crippen molar-refractivity contribution in [3.05, 3.63) is 24.3 Å². The summed E-state index contributed by atoms with van der Waals surface area (Å²) in [6.45, 7) is 7.85. The fourth-order valence-corrected chi connectivity index (χ4v) is 5.10. The normalized spacial score (nSPS) is 24.0. The van der Waals surface area contributed by atoms with E-state index in [1.54, 1.807) is 7.11 Å². The number of nitrogens with one attached hydrogen (secondary N) is 1. The Morgan fingerprint density at radius 1 is 1.15 bits per heavy atom. The molecule has 1 N–H and O–H groups in total. The second kappa shape index (κ2) is 11.0. The van der Waals surface area contributed by atoms with Crippen molar-refractivity contribution in [2.45, 2.75) is 64.5 Å². The van der Waals surface area contributed by atoms with Gasteiger partial charge in [-0.15, -0.1) is 0 Å². The summed E-state index contributed by atoms with van der Waals surface area (Å²) in [7, 11) is 1.64. The van der Waals surface area contributed by atoms with Crippen molar-refractivity contribution in [2.75, 3.05) is 38.2 Å². The predicted molar refractivity (Wildman–Crippen MR) is 128 cm³/mol. The molecule has 0 aliphatic carbocycles. The van der Waals surface area contributed by atoms with Crippen LogP contribution in [-0.4, -0.2) is 66.3 Å². The molecule has 2 saturated heterocycles. The molecule has 1 amide bonds. The summed E-state index contributed by atoms with van der Waals surface area (Å²) in [5.41, 5.74) is 0.870. The van der Waals surface area contributed by atoms with Gasteiger partial charge >= 0.3 is 6.01 Å². The lowest BCUT2D eigenvalue weighted by molar-refractivity contribution is -0.125. The molecule has 3 atom stereocenters. The van der Waals surface area contributed by atoms with Gasteiger partial charge in [-0.25, -0.2) is 0 Å². The van der Waals surface area contributed by atoms with Crippen LogP contribution < -0.4 is 15.0 Å². The number of hydrogen-bond donors (Lipinski definition) is 1. The van der Waals surface area contributed by atoms with Gasteiger partial charge in [0.15, 0.2) is 0 Å². The average molecular weight is 456 g/mol. The van der Waals surface area contributed by atoms with E-state index in [0.29, 0.717) is 30.5 Å². The number of nitrogens with zero attached hydrogens (tertiary/aromatic N) is 4. The number of amides is 1. The Hall–Kier alpha value is -2.61. The first-order valence-electron chi connectivity index (χ1n) is 12.3. The van der Waals surface area contributed by atoms with Crippen LogP contribution in [0.2, 0.25) is 0 Å². The van der Waals surface area contributed by atoms with Gasteiger partial charge in [-0.05, 0) is 70.2 Å². The van der Waals surface area contributed by atoms with Crippen molar-refractivity contribution in [1.29, 1.82) is 0 Å². The summed E-state index contributed by atoms with van der Waals surface area (Å²) in [6.07, 6.45) is 6.71. The first-order valence-corrected chi connectivity index (χ1v) is 12.3. The highest BCUT2D eigenvalue weighted by Crippen LogP contribution is 2.26. The fourth-order valence-electron chi connectivity index (χ4n) is 5.10. The second-order valence-electron chi connectivity index (χ2n) is 9.43. The van der Waals surface area contributed by atoms with E-state index in [9.17, 15) is 4.79 Å². The fraction of sp³-hybridized carbons (Fsp3) is 0.640. The maximum Gasteiger partial charge on any atom is 0.324 e. The summed E-state index contributed by atoms with van der Waals surface area (Å²) in [4.78, 5) is 22.0. The molecule has 33 heavy (non-hydrogen) atoms. The number of carbonyl (C=O) groups excluding carboxylic acids is 1. The molecule has 180 valence electrons. The number of likely N-dealkylation sites (tertiary alicyclic amines) is 1. The molecule has 1 aromatic heterocycles. The van der Waals surface area contributed by atoms with E-state index < -0.39 is 0 Å². The Morgan fingerprint density at radius 3 is 2.64 bits per heavy atom. The van der Waals surface area contributed by atoms with Crippen LogP contribution in [0, 0.1) is 5.92 Å². The zero-order valence-electron chi connectivity index (χ0n) is 20.1. The minimum Gasteiger partial charge on any atom is -0.497 e. The van der Waals surface area contributed by atoms with E-state index in [1.165, 1.54) is 19.3 Å². The van der Waals surface area contributed by atoms with E-state index in [0.717, 1.165) is 50.2 Å². The standard InChI is InChI=1S/C25H37N5O3/c1-18-7-4-8-19(2)30(18)16-6-14-26-24(31)21-9-5-15-29(17-21)25-27-23(28-33-25)20-10-12-22(32-3)13-11-20/h10-13,18-19,21H,4-9,14-17H2,1-3H3,(H,26,31)/t18-,19+,21-/m1/s1. The van der Waals surface area contributed by atoms with Crippen molar-refractivity contribution in [1.82, 2.24) is 20.4 Å². The van der Waals surface area contributed by atoms with Crippen molar-refractivity contribution in [3.63, 3.8) is 0 Å². The molecular weight excluding hydrogens is 418 g/mol. The molecule has 8 nitrogen and oxygen atoms in total. The van der Waals surface area contributed by atoms with Gasteiger partial charge in [-0.3, -0.25) is 9.69 Å². The number of carbonyl (C=O) groups is 1. The minimum absolute atomic E-state index is 0.0529. The van der Waals surface area contributed by atoms with E-state index in [-0.39, 0.29) is 11.8 Å². The molecular formula is C25H37N5O3. The van der Waals surface area contributed by atoms with Gasteiger partial charge in [0.25, 0.3) is 0 Å².